The number of carbonyl (C=O) groups excluding carboxylic acids is 2. The predicted molar refractivity (Wildman–Crippen MR) is 136 cm³/mol. The van der Waals surface area contributed by atoms with Gasteiger partial charge in [0.05, 0.1) is 5.56 Å². The number of rotatable bonds is 8. The Hall–Kier alpha value is -2.86. The second kappa shape index (κ2) is 11.0. The van der Waals surface area contributed by atoms with Crippen LogP contribution >= 0.6 is 0 Å². The smallest absolute Gasteiger partial charge is 0.278 e. The summed E-state index contributed by atoms with van der Waals surface area (Å²) in [6.07, 6.45) is 2.25. The molecule has 0 bridgehead atoms. The number of benzene rings is 2. The van der Waals surface area contributed by atoms with E-state index in [-0.39, 0.29) is 34.5 Å². The number of nitrogens with zero attached hydrogens (tertiary/aromatic N) is 1. The Morgan fingerprint density at radius 2 is 1.50 bits per heavy atom. The summed E-state index contributed by atoms with van der Waals surface area (Å²) in [5.74, 6) is -0.804. The van der Waals surface area contributed by atoms with Gasteiger partial charge in [-0.1, -0.05) is 79.2 Å². The Labute approximate surface area is 204 Å². The van der Waals surface area contributed by atoms with E-state index in [0.29, 0.717) is 18.7 Å². The first-order valence-electron chi connectivity index (χ1n) is 12.0. The van der Waals surface area contributed by atoms with E-state index >= 15 is 0 Å². The molecule has 0 aromatic heterocycles. The number of unbranched alkanes of at least 4 members (excludes halogenated alkanes) is 1. The summed E-state index contributed by atoms with van der Waals surface area (Å²) in [7, 11) is 0. The van der Waals surface area contributed by atoms with Crippen molar-refractivity contribution in [3.63, 3.8) is 0 Å². The van der Waals surface area contributed by atoms with E-state index in [0.717, 1.165) is 34.5 Å². The molecule has 2 amide bonds. The van der Waals surface area contributed by atoms with Crippen LogP contribution in [0.5, 0.6) is 11.5 Å². The molecule has 0 fully saturated rings. The molecule has 0 radical (unpaired) electrons. The molecule has 0 saturated heterocycles. The number of aryl methyl sites for hydroxylation is 1. The van der Waals surface area contributed by atoms with Gasteiger partial charge in [0.25, 0.3) is 5.91 Å². The largest absolute Gasteiger partial charge is 0.507 e. The van der Waals surface area contributed by atoms with E-state index in [4.69, 9.17) is 0 Å². The standard InChI is InChI=1S/C28H40N2O4/c1-8-9-16-29-30(26(34)20-12-10-11-13-23(20)31)24(32)15-14-19-17-21(27(2,3)4)25(33)22(18-19)28(5,6)7/h10-13,17-18,29,31,33H,8-9,14-16H2,1-7H3. The Kier molecular flexibility index (Phi) is 8.89. The second-order valence-corrected chi connectivity index (χ2v) is 10.9. The maximum atomic E-state index is 13.2. The van der Waals surface area contributed by atoms with Crippen molar-refractivity contribution < 1.29 is 19.8 Å². The van der Waals surface area contributed by atoms with Gasteiger partial charge in [0.15, 0.2) is 0 Å². The van der Waals surface area contributed by atoms with Crippen LogP contribution in [0.3, 0.4) is 0 Å². The van der Waals surface area contributed by atoms with Crippen molar-refractivity contribution in [2.45, 2.75) is 85.0 Å². The topological polar surface area (TPSA) is 89.9 Å². The van der Waals surface area contributed by atoms with Gasteiger partial charge in [0.2, 0.25) is 5.91 Å². The molecule has 0 heterocycles. The summed E-state index contributed by atoms with van der Waals surface area (Å²) in [6.45, 7) is 14.8. The molecule has 2 aromatic carbocycles. The van der Waals surface area contributed by atoms with Crippen molar-refractivity contribution in [3.8, 4) is 11.5 Å². The van der Waals surface area contributed by atoms with Gasteiger partial charge in [-0.2, -0.15) is 0 Å². The lowest BCUT2D eigenvalue weighted by Crippen LogP contribution is -2.47. The van der Waals surface area contributed by atoms with Gasteiger partial charge in [-0.25, -0.2) is 10.4 Å². The molecule has 6 heteroatoms. The van der Waals surface area contributed by atoms with E-state index < -0.39 is 5.91 Å². The van der Waals surface area contributed by atoms with Gasteiger partial charge >= 0.3 is 0 Å². The monoisotopic (exact) mass is 468 g/mol. The van der Waals surface area contributed by atoms with Crippen molar-refractivity contribution in [1.82, 2.24) is 10.4 Å². The quantitative estimate of drug-likeness (QED) is 0.347. The van der Waals surface area contributed by atoms with E-state index in [1.807, 2.05) is 60.6 Å². The van der Waals surface area contributed by atoms with Crippen LogP contribution < -0.4 is 5.43 Å². The number of para-hydroxylation sites is 1. The molecular weight excluding hydrogens is 428 g/mol. The van der Waals surface area contributed by atoms with Crippen LogP contribution in [-0.2, 0) is 22.0 Å². The summed E-state index contributed by atoms with van der Waals surface area (Å²) in [5.41, 5.74) is 5.11. The number of carbonyl (C=O) groups is 2. The van der Waals surface area contributed by atoms with Gasteiger partial charge in [-0.3, -0.25) is 9.59 Å². The fourth-order valence-electron chi connectivity index (χ4n) is 3.76. The van der Waals surface area contributed by atoms with Gasteiger partial charge < -0.3 is 10.2 Å². The number of hydrogen-bond donors (Lipinski definition) is 3. The molecule has 0 saturated carbocycles. The third-order valence-electron chi connectivity index (χ3n) is 5.80. The molecule has 186 valence electrons. The minimum Gasteiger partial charge on any atom is -0.507 e. The summed E-state index contributed by atoms with van der Waals surface area (Å²) in [5, 5.41) is 22.1. The van der Waals surface area contributed by atoms with Crippen molar-refractivity contribution in [1.29, 1.82) is 0 Å². The van der Waals surface area contributed by atoms with Gasteiger partial charge in [-0.05, 0) is 52.5 Å². The first-order chi connectivity index (χ1) is 15.8. The van der Waals surface area contributed by atoms with Gasteiger partial charge in [0.1, 0.15) is 11.5 Å². The van der Waals surface area contributed by atoms with Crippen LogP contribution in [0.25, 0.3) is 0 Å². The zero-order valence-corrected chi connectivity index (χ0v) is 21.7. The number of aromatic hydroxyl groups is 2. The van der Waals surface area contributed by atoms with Crippen LogP contribution in [0.1, 0.15) is 94.8 Å². The first-order valence-corrected chi connectivity index (χ1v) is 12.0. The van der Waals surface area contributed by atoms with Crippen LogP contribution in [0, 0.1) is 0 Å². The van der Waals surface area contributed by atoms with Crippen LogP contribution in [-0.4, -0.2) is 33.6 Å². The Morgan fingerprint density at radius 1 is 0.941 bits per heavy atom. The van der Waals surface area contributed by atoms with Crippen molar-refractivity contribution in [2.24, 2.45) is 0 Å². The van der Waals surface area contributed by atoms with Crippen molar-refractivity contribution >= 4 is 11.8 Å². The zero-order chi connectivity index (χ0) is 25.7. The average molecular weight is 469 g/mol. The Morgan fingerprint density at radius 3 is 2.00 bits per heavy atom. The molecule has 34 heavy (non-hydrogen) atoms. The normalized spacial score (nSPS) is 12.0. The first kappa shape index (κ1) is 27.4. The number of hydrazine groups is 1. The average Bonchev–Trinajstić information content (AvgIpc) is 2.74. The van der Waals surface area contributed by atoms with E-state index in [1.165, 1.54) is 12.1 Å². The van der Waals surface area contributed by atoms with Gasteiger partial charge in [-0.15, -0.1) is 0 Å². The maximum Gasteiger partial charge on any atom is 0.278 e. The second-order valence-electron chi connectivity index (χ2n) is 10.9. The maximum absolute atomic E-state index is 13.2. The zero-order valence-electron chi connectivity index (χ0n) is 21.7. The third-order valence-corrected chi connectivity index (χ3v) is 5.80. The number of phenolic OH excluding ortho intramolecular Hbond substituents is 2. The number of phenols is 2. The molecule has 3 N–H and O–H groups in total. The van der Waals surface area contributed by atoms with Crippen molar-refractivity contribution in [2.75, 3.05) is 6.54 Å². The molecule has 0 aliphatic heterocycles. The number of amides is 2. The minimum absolute atomic E-state index is 0.0783. The van der Waals surface area contributed by atoms with E-state index in [1.54, 1.807) is 12.1 Å². The molecular formula is C28H40N2O4. The Bertz CT molecular complexity index is 981. The minimum atomic E-state index is -0.573. The number of imide groups is 1. The third kappa shape index (κ3) is 6.83. The molecule has 0 aliphatic carbocycles. The number of hydrogen-bond acceptors (Lipinski definition) is 5. The molecule has 0 unspecified atom stereocenters. The summed E-state index contributed by atoms with van der Waals surface area (Å²) >= 11 is 0. The molecule has 2 rings (SSSR count). The van der Waals surface area contributed by atoms with E-state index in [2.05, 4.69) is 5.43 Å². The summed E-state index contributed by atoms with van der Waals surface area (Å²) < 4.78 is 0. The fraction of sp³-hybridized carbons (Fsp3) is 0.500. The highest BCUT2D eigenvalue weighted by molar-refractivity contribution is 6.05. The highest BCUT2D eigenvalue weighted by Gasteiger charge is 2.28. The Balaban J connectivity index is 2.32. The lowest BCUT2D eigenvalue weighted by Gasteiger charge is -2.28. The lowest BCUT2D eigenvalue weighted by molar-refractivity contribution is -0.131. The summed E-state index contributed by atoms with van der Waals surface area (Å²) in [4.78, 5) is 26.3. The van der Waals surface area contributed by atoms with Gasteiger partial charge in [0, 0.05) is 13.0 Å². The summed E-state index contributed by atoms with van der Waals surface area (Å²) in [6, 6.07) is 10.1. The highest BCUT2D eigenvalue weighted by Crippen LogP contribution is 2.40. The van der Waals surface area contributed by atoms with Crippen LogP contribution in [0.2, 0.25) is 0 Å². The van der Waals surface area contributed by atoms with Crippen molar-refractivity contribution in [3.05, 3.63) is 58.7 Å². The molecule has 2 aromatic rings. The predicted octanol–water partition coefficient (Wildman–Crippen LogP) is 5.60. The molecule has 0 aliphatic rings. The fourth-order valence-corrected chi connectivity index (χ4v) is 3.76. The lowest BCUT2D eigenvalue weighted by atomic mass is 9.78. The highest BCUT2D eigenvalue weighted by atomic mass is 16.3. The number of nitrogens with one attached hydrogen (secondary N) is 1. The molecule has 0 spiro atoms. The SMILES string of the molecule is CCCCNN(C(=O)CCc1cc(C(C)(C)C)c(O)c(C(C)(C)C)c1)C(=O)c1ccccc1O. The van der Waals surface area contributed by atoms with Crippen LogP contribution in [0.4, 0.5) is 0 Å². The molecule has 0 atom stereocenters. The van der Waals surface area contributed by atoms with Crippen LogP contribution in [0.15, 0.2) is 36.4 Å². The molecule has 6 nitrogen and oxygen atoms in total. The van der Waals surface area contributed by atoms with E-state index in [9.17, 15) is 19.8 Å².